The largest absolute Gasteiger partial charge is 0.319 e. The molecule has 0 saturated heterocycles. The quantitative estimate of drug-likeness (QED) is 0.610. The second-order valence-corrected chi connectivity index (χ2v) is 11.2. The average molecular weight is 497 g/mol. The fourth-order valence-electron chi connectivity index (χ4n) is 4.29. The summed E-state index contributed by atoms with van der Waals surface area (Å²) >= 11 is 5.93. The molecule has 0 radical (unpaired) electrons. The van der Waals surface area contributed by atoms with Crippen LogP contribution < -0.4 is 10.6 Å². The molecule has 0 aromatic heterocycles. The Labute approximate surface area is 195 Å². The number of rotatable bonds is 6. The molecule has 176 valence electrons. The van der Waals surface area contributed by atoms with E-state index in [4.69, 9.17) is 17.3 Å². The van der Waals surface area contributed by atoms with Gasteiger partial charge in [-0.2, -0.15) is 0 Å². The highest BCUT2D eigenvalue weighted by molar-refractivity contribution is 7.91. The molecule has 1 aliphatic heterocycles. The number of sulfone groups is 1. The van der Waals surface area contributed by atoms with Gasteiger partial charge in [-0.15, -0.1) is 0 Å². The van der Waals surface area contributed by atoms with E-state index in [-0.39, 0.29) is 53.7 Å². The van der Waals surface area contributed by atoms with Gasteiger partial charge < -0.3 is 10.6 Å². The average Bonchev–Trinajstić information content (AvgIpc) is 2.80. The Morgan fingerprint density at radius 1 is 1.15 bits per heavy atom. The number of benzene rings is 2. The number of halogens is 3. The van der Waals surface area contributed by atoms with Gasteiger partial charge >= 0.3 is 0 Å². The molecule has 1 aliphatic carbocycles. The van der Waals surface area contributed by atoms with Gasteiger partial charge in [0.15, 0.2) is 15.6 Å². The van der Waals surface area contributed by atoms with Crippen LogP contribution in [0.3, 0.4) is 0 Å². The van der Waals surface area contributed by atoms with Crippen LogP contribution in [0.15, 0.2) is 47.4 Å². The van der Waals surface area contributed by atoms with Crippen LogP contribution in [0.5, 0.6) is 0 Å². The van der Waals surface area contributed by atoms with Crippen molar-refractivity contribution < 1.29 is 26.8 Å². The van der Waals surface area contributed by atoms with Crippen molar-refractivity contribution in [3.05, 3.63) is 58.6 Å². The first-order valence-electron chi connectivity index (χ1n) is 10.5. The minimum absolute atomic E-state index is 0.0427. The molecule has 6 nitrogen and oxygen atoms in total. The summed E-state index contributed by atoms with van der Waals surface area (Å²) in [5, 5.41) is 0.512. The van der Waals surface area contributed by atoms with Crippen LogP contribution in [-0.2, 0) is 21.2 Å². The molecule has 1 heterocycles. The predicted molar refractivity (Wildman–Crippen MR) is 120 cm³/mol. The lowest BCUT2D eigenvalue weighted by molar-refractivity contribution is -0.119. The zero-order valence-electron chi connectivity index (χ0n) is 17.6. The summed E-state index contributed by atoms with van der Waals surface area (Å²) in [5.74, 6) is -4.26. The fourth-order valence-corrected chi connectivity index (χ4v) is 5.97. The minimum atomic E-state index is -3.87. The summed E-state index contributed by atoms with van der Waals surface area (Å²) in [6.45, 7) is 0.0427. The normalized spacial score (nSPS) is 21.8. The first-order chi connectivity index (χ1) is 15.4. The molecule has 2 aromatic rings. The van der Waals surface area contributed by atoms with Crippen molar-refractivity contribution in [1.29, 1.82) is 0 Å². The summed E-state index contributed by atoms with van der Waals surface area (Å²) in [6.07, 6.45) is -0.0348. The second kappa shape index (κ2) is 8.77. The molecule has 1 saturated carbocycles. The number of hydrogen-bond donors (Lipinski definition) is 1. The maximum atomic E-state index is 13.1. The first-order valence-corrected chi connectivity index (χ1v) is 12.6. The molecule has 10 heteroatoms. The van der Waals surface area contributed by atoms with Crippen molar-refractivity contribution in [2.24, 2.45) is 11.7 Å². The van der Waals surface area contributed by atoms with E-state index in [1.165, 1.54) is 23.1 Å². The van der Waals surface area contributed by atoms with Gasteiger partial charge in [-0.25, -0.2) is 17.2 Å². The number of anilines is 1. The number of amides is 1. The third kappa shape index (κ3) is 5.10. The molecule has 2 aliphatic rings. The van der Waals surface area contributed by atoms with Crippen LogP contribution in [0.4, 0.5) is 14.5 Å². The van der Waals surface area contributed by atoms with Crippen molar-refractivity contribution >= 4 is 38.8 Å². The second-order valence-electron chi connectivity index (χ2n) is 8.71. The van der Waals surface area contributed by atoms with Crippen LogP contribution in [0.25, 0.3) is 0 Å². The standard InChI is InChI=1S/C23H23ClF2N2O4S/c24-17-5-1-14(2-6-17)12-28-19-9-16(20(29)7-3-15-10-23(25,26)11-15)4-8-21(19)33(31,32)13-18(27)22(28)30/h1-2,4-6,8-9,15,18H,3,7,10-13,27H2/t18-/m0/s1. The van der Waals surface area contributed by atoms with E-state index >= 15 is 0 Å². The number of carbonyl (C=O) groups is 2. The van der Waals surface area contributed by atoms with E-state index in [0.717, 1.165) is 0 Å². The number of nitrogens with zero attached hydrogens (tertiary/aromatic N) is 1. The monoisotopic (exact) mass is 496 g/mol. The minimum Gasteiger partial charge on any atom is -0.319 e. The molecule has 0 unspecified atom stereocenters. The first kappa shape index (κ1) is 23.8. The van der Waals surface area contributed by atoms with Crippen LogP contribution in [-0.4, -0.2) is 37.8 Å². The molecule has 1 atom stereocenters. The number of ketones is 1. The third-order valence-electron chi connectivity index (χ3n) is 6.10. The molecule has 0 spiro atoms. The van der Waals surface area contributed by atoms with Crippen molar-refractivity contribution in [3.63, 3.8) is 0 Å². The number of nitrogens with two attached hydrogens (primary N) is 1. The summed E-state index contributed by atoms with van der Waals surface area (Å²) in [7, 11) is -3.87. The summed E-state index contributed by atoms with van der Waals surface area (Å²) in [6, 6.07) is 9.57. The lowest BCUT2D eigenvalue weighted by Crippen LogP contribution is -2.45. The smallest absolute Gasteiger partial charge is 0.248 e. The highest BCUT2D eigenvalue weighted by atomic mass is 35.5. The van der Waals surface area contributed by atoms with Gasteiger partial charge in [0.05, 0.1) is 28.9 Å². The Bertz CT molecular complexity index is 1190. The Kier molecular flexibility index (Phi) is 6.32. The van der Waals surface area contributed by atoms with Crippen LogP contribution in [0, 0.1) is 5.92 Å². The molecule has 2 N–H and O–H groups in total. The predicted octanol–water partition coefficient (Wildman–Crippen LogP) is 4.00. The highest BCUT2D eigenvalue weighted by Crippen LogP contribution is 2.44. The lowest BCUT2D eigenvalue weighted by atomic mass is 9.78. The number of carbonyl (C=O) groups excluding carboxylic acids is 2. The Morgan fingerprint density at radius 3 is 2.45 bits per heavy atom. The molecular formula is C23H23ClF2N2O4S. The van der Waals surface area contributed by atoms with E-state index in [9.17, 15) is 26.8 Å². The van der Waals surface area contributed by atoms with Gasteiger partial charge in [0.2, 0.25) is 11.8 Å². The molecule has 1 amide bonds. The van der Waals surface area contributed by atoms with Crippen molar-refractivity contribution in [2.45, 2.75) is 49.1 Å². The van der Waals surface area contributed by atoms with E-state index in [1.807, 2.05) is 0 Å². The highest BCUT2D eigenvalue weighted by Gasteiger charge is 2.44. The van der Waals surface area contributed by atoms with E-state index < -0.39 is 33.5 Å². The van der Waals surface area contributed by atoms with Crippen LogP contribution in [0.2, 0.25) is 5.02 Å². The molecule has 0 bridgehead atoms. The molecule has 4 rings (SSSR count). The van der Waals surface area contributed by atoms with Gasteiger partial charge in [0, 0.05) is 29.8 Å². The maximum Gasteiger partial charge on any atom is 0.248 e. The SMILES string of the molecule is N[C@H]1CS(=O)(=O)c2ccc(C(=O)CCC3CC(F)(F)C3)cc2N(Cc2ccc(Cl)cc2)C1=O. The van der Waals surface area contributed by atoms with Gasteiger partial charge in [0.1, 0.15) is 0 Å². The van der Waals surface area contributed by atoms with E-state index in [1.54, 1.807) is 24.3 Å². The summed E-state index contributed by atoms with van der Waals surface area (Å²) in [4.78, 5) is 27.0. The zero-order valence-corrected chi connectivity index (χ0v) is 19.2. The van der Waals surface area contributed by atoms with Gasteiger partial charge in [-0.3, -0.25) is 9.59 Å². The van der Waals surface area contributed by atoms with E-state index in [0.29, 0.717) is 17.0 Å². The zero-order chi connectivity index (χ0) is 24.0. The number of alkyl halides is 2. The lowest BCUT2D eigenvalue weighted by Gasteiger charge is -2.34. The fraction of sp³-hybridized carbons (Fsp3) is 0.391. The summed E-state index contributed by atoms with van der Waals surface area (Å²) in [5.41, 5.74) is 6.91. The molecular weight excluding hydrogens is 474 g/mol. The number of Topliss-reactive ketones (excluding diaryl/α,β-unsaturated/α-hetero) is 1. The molecule has 2 aromatic carbocycles. The van der Waals surface area contributed by atoms with Crippen molar-refractivity contribution in [2.75, 3.05) is 10.7 Å². The van der Waals surface area contributed by atoms with Crippen LogP contribution in [0.1, 0.15) is 41.6 Å². The van der Waals surface area contributed by atoms with Gasteiger partial charge in [-0.1, -0.05) is 23.7 Å². The Morgan fingerprint density at radius 2 is 1.82 bits per heavy atom. The van der Waals surface area contributed by atoms with Crippen molar-refractivity contribution in [1.82, 2.24) is 0 Å². The molecule has 33 heavy (non-hydrogen) atoms. The maximum absolute atomic E-state index is 13.1. The topological polar surface area (TPSA) is 97.5 Å². The Balaban J connectivity index is 1.65. The van der Waals surface area contributed by atoms with Gasteiger partial charge in [-0.05, 0) is 48.2 Å². The van der Waals surface area contributed by atoms with Crippen LogP contribution >= 0.6 is 11.6 Å². The Hall–Kier alpha value is -2.36. The van der Waals surface area contributed by atoms with Gasteiger partial charge in [0.25, 0.3) is 0 Å². The van der Waals surface area contributed by atoms with E-state index in [2.05, 4.69) is 0 Å². The summed E-state index contributed by atoms with van der Waals surface area (Å²) < 4.78 is 51.8. The third-order valence-corrected chi connectivity index (χ3v) is 8.16. The molecule has 1 fully saturated rings. The number of fused-ring (bicyclic) bond motifs is 1. The number of hydrogen-bond acceptors (Lipinski definition) is 5. The van der Waals surface area contributed by atoms with Crippen molar-refractivity contribution in [3.8, 4) is 0 Å².